The van der Waals surface area contributed by atoms with E-state index in [9.17, 15) is 0 Å². The molecule has 0 radical (unpaired) electrons. The van der Waals surface area contributed by atoms with E-state index in [1.165, 1.54) is 30.0 Å². The minimum Gasteiger partial charge on any atom is -0.380 e. The fourth-order valence-corrected chi connectivity index (χ4v) is 4.18. The Balaban J connectivity index is 1.76. The number of hydrogen-bond acceptors (Lipinski definition) is 3. The summed E-state index contributed by atoms with van der Waals surface area (Å²) in [7, 11) is 0. The van der Waals surface area contributed by atoms with Crippen LogP contribution < -0.4 is 5.32 Å². The Bertz CT molecular complexity index is 664. The Labute approximate surface area is 123 Å². The minimum atomic E-state index is 0.882. The lowest BCUT2D eigenvalue weighted by molar-refractivity contribution is 1.19. The normalized spacial score (nSPS) is 11.0. The SMILES string of the molecule is Cc1sc(CNc2ccc3sccc3c2)cc1Br. The van der Waals surface area contributed by atoms with Gasteiger partial charge in [-0.25, -0.2) is 0 Å². The number of halogens is 1. The van der Waals surface area contributed by atoms with E-state index in [2.05, 4.69) is 63.9 Å². The van der Waals surface area contributed by atoms with Gasteiger partial charge in [-0.3, -0.25) is 0 Å². The summed E-state index contributed by atoms with van der Waals surface area (Å²) < 4.78 is 2.55. The fourth-order valence-electron chi connectivity index (χ4n) is 1.87. The van der Waals surface area contributed by atoms with Crippen LogP contribution in [0, 0.1) is 6.92 Å². The molecule has 2 heterocycles. The van der Waals surface area contributed by atoms with Gasteiger partial charge in [0.1, 0.15) is 0 Å². The molecule has 1 nitrogen and oxygen atoms in total. The highest BCUT2D eigenvalue weighted by Crippen LogP contribution is 2.28. The number of thiophene rings is 2. The molecule has 0 saturated heterocycles. The average Bonchev–Trinajstić information content (AvgIpc) is 2.94. The van der Waals surface area contributed by atoms with E-state index in [4.69, 9.17) is 0 Å². The monoisotopic (exact) mass is 337 g/mol. The molecular weight excluding hydrogens is 326 g/mol. The van der Waals surface area contributed by atoms with Gasteiger partial charge in [0.25, 0.3) is 0 Å². The van der Waals surface area contributed by atoms with Crippen LogP contribution in [-0.2, 0) is 6.54 Å². The number of nitrogens with one attached hydrogen (secondary N) is 1. The first-order chi connectivity index (χ1) is 8.72. The van der Waals surface area contributed by atoms with Crippen molar-refractivity contribution in [1.29, 1.82) is 0 Å². The Morgan fingerprint density at radius 2 is 2.11 bits per heavy atom. The summed E-state index contributed by atoms with van der Waals surface area (Å²) in [4.78, 5) is 2.69. The van der Waals surface area contributed by atoms with Crippen molar-refractivity contribution in [2.75, 3.05) is 5.32 Å². The Morgan fingerprint density at radius 3 is 2.89 bits per heavy atom. The Morgan fingerprint density at radius 1 is 1.22 bits per heavy atom. The van der Waals surface area contributed by atoms with Gasteiger partial charge in [0.15, 0.2) is 0 Å². The van der Waals surface area contributed by atoms with E-state index in [0.29, 0.717) is 0 Å². The molecule has 0 atom stereocenters. The van der Waals surface area contributed by atoms with Crippen molar-refractivity contribution < 1.29 is 0 Å². The van der Waals surface area contributed by atoms with Crippen molar-refractivity contribution in [1.82, 2.24) is 0 Å². The first-order valence-corrected chi connectivity index (χ1v) is 8.17. The topological polar surface area (TPSA) is 12.0 Å². The standard InChI is InChI=1S/C14H12BrNS2/c1-9-13(15)7-12(18-9)8-16-11-2-3-14-10(6-11)4-5-17-14/h2-7,16H,8H2,1H3. The molecule has 3 aromatic rings. The molecule has 1 N–H and O–H groups in total. The van der Waals surface area contributed by atoms with E-state index in [-0.39, 0.29) is 0 Å². The van der Waals surface area contributed by atoms with Crippen molar-refractivity contribution in [3.63, 3.8) is 0 Å². The van der Waals surface area contributed by atoms with Crippen LogP contribution in [0.2, 0.25) is 0 Å². The molecule has 2 aromatic heterocycles. The van der Waals surface area contributed by atoms with Gasteiger partial charge in [-0.05, 0) is 64.0 Å². The molecule has 0 aliphatic rings. The van der Waals surface area contributed by atoms with Gasteiger partial charge in [-0.1, -0.05) is 0 Å². The lowest BCUT2D eigenvalue weighted by Gasteiger charge is -2.04. The first-order valence-electron chi connectivity index (χ1n) is 5.68. The number of aryl methyl sites for hydroxylation is 1. The predicted octanol–water partition coefficient (Wildman–Crippen LogP) is 5.65. The van der Waals surface area contributed by atoms with Gasteiger partial charge in [0.2, 0.25) is 0 Å². The molecule has 0 aliphatic heterocycles. The summed E-state index contributed by atoms with van der Waals surface area (Å²) >= 11 is 7.17. The van der Waals surface area contributed by atoms with Crippen LogP contribution in [0.25, 0.3) is 10.1 Å². The highest BCUT2D eigenvalue weighted by molar-refractivity contribution is 9.10. The third kappa shape index (κ3) is 2.46. The fraction of sp³-hybridized carbons (Fsp3) is 0.143. The van der Waals surface area contributed by atoms with E-state index < -0.39 is 0 Å². The van der Waals surface area contributed by atoms with Gasteiger partial charge in [-0.2, -0.15) is 0 Å². The molecule has 0 amide bonds. The lowest BCUT2D eigenvalue weighted by atomic mass is 10.2. The van der Waals surface area contributed by atoms with E-state index in [1.54, 1.807) is 11.3 Å². The van der Waals surface area contributed by atoms with Crippen LogP contribution in [0.5, 0.6) is 0 Å². The molecule has 3 rings (SSSR count). The average molecular weight is 338 g/mol. The molecule has 0 bridgehead atoms. The summed E-state index contributed by atoms with van der Waals surface area (Å²) in [6.45, 7) is 3.02. The summed E-state index contributed by atoms with van der Waals surface area (Å²) in [5.41, 5.74) is 1.18. The Hall–Kier alpha value is -0.840. The molecule has 0 spiro atoms. The second kappa shape index (κ2) is 5.03. The zero-order valence-corrected chi connectivity index (χ0v) is 13.1. The third-order valence-electron chi connectivity index (χ3n) is 2.83. The van der Waals surface area contributed by atoms with Gasteiger partial charge >= 0.3 is 0 Å². The van der Waals surface area contributed by atoms with Crippen LogP contribution in [0.4, 0.5) is 5.69 Å². The highest BCUT2D eigenvalue weighted by Gasteiger charge is 2.03. The molecule has 92 valence electrons. The van der Waals surface area contributed by atoms with Crippen molar-refractivity contribution in [2.24, 2.45) is 0 Å². The van der Waals surface area contributed by atoms with Crippen LogP contribution in [0.3, 0.4) is 0 Å². The van der Waals surface area contributed by atoms with Gasteiger partial charge in [0, 0.05) is 31.2 Å². The molecule has 1 aromatic carbocycles. The van der Waals surface area contributed by atoms with Crippen molar-refractivity contribution in [3.8, 4) is 0 Å². The molecule has 18 heavy (non-hydrogen) atoms. The van der Waals surface area contributed by atoms with Gasteiger partial charge < -0.3 is 5.32 Å². The summed E-state index contributed by atoms with van der Waals surface area (Å²) in [5.74, 6) is 0. The third-order valence-corrected chi connectivity index (χ3v) is 5.86. The largest absolute Gasteiger partial charge is 0.380 e. The molecule has 0 aliphatic carbocycles. The first kappa shape index (κ1) is 12.2. The summed E-state index contributed by atoms with van der Waals surface area (Å²) in [6.07, 6.45) is 0. The molecule has 0 unspecified atom stereocenters. The zero-order valence-electron chi connectivity index (χ0n) is 9.87. The quantitative estimate of drug-likeness (QED) is 0.651. The molecule has 0 fully saturated rings. The number of anilines is 1. The smallest absolute Gasteiger partial charge is 0.0494 e. The molecule has 0 saturated carbocycles. The zero-order chi connectivity index (χ0) is 12.5. The van der Waals surface area contributed by atoms with Crippen LogP contribution in [0.1, 0.15) is 9.75 Å². The van der Waals surface area contributed by atoms with Crippen LogP contribution in [-0.4, -0.2) is 0 Å². The van der Waals surface area contributed by atoms with Crippen molar-refractivity contribution >= 4 is 54.4 Å². The second-order valence-electron chi connectivity index (χ2n) is 4.14. The summed E-state index contributed by atoms with van der Waals surface area (Å²) in [5, 5.41) is 6.92. The predicted molar refractivity (Wildman–Crippen MR) is 85.9 cm³/mol. The maximum absolute atomic E-state index is 3.55. The van der Waals surface area contributed by atoms with Crippen molar-refractivity contribution in [3.05, 3.63) is 49.9 Å². The maximum Gasteiger partial charge on any atom is 0.0494 e. The maximum atomic E-state index is 3.55. The Kier molecular flexibility index (Phi) is 3.41. The highest BCUT2D eigenvalue weighted by atomic mass is 79.9. The molecular formula is C14H12BrNS2. The van der Waals surface area contributed by atoms with Crippen molar-refractivity contribution in [2.45, 2.75) is 13.5 Å². The van der Waals surface area contributed by atoms with Gasteiger partial charge in [0.05, 0.1) is 0 Å². The van der Waals surface area contributed by atoms with Gasteiger partial charge in [-0.15, -0.1) is 22.7 Å². The van der Waals surface area contributed by atoms with E-state index >= 15 is 0 Å². The molecule has 4 heteroatoms. The lowest BCUT2D eigenvalue weighted by Crippen LogP contribution is -1.96. The van der Waals surface area contributed by atoms with Crippen LogP contribution in [0.15, 0.2) is 40.2 Å². The summed E-state index contributed by atoms with van der Waals surface area (Å²) in [6, 6.07) is 10.9. The number of rotatable bonds is 3. The van der Waals surface area contributed by atoms with E-state index in [0.717, 1.165) is 6.54 Å². The number of hydrogen-bond donors (Lipinski definition) is 1. The number of benzene rings is 1. The van der Waals surface area contributed by atoms with E-state index in [1.807, 2.05) is 11.3 Å². The van der Waals surface area contributed by atoms with Crippen LogP contribution >= 0.6 is 38.6 Å². The minimum absolute atomic E-state index is 0.882. The second-order valence-corrected chi connectivity index (χ2v) is 7.29. The number of fused-ring (bicyclic) bond motifs is 1.